The first-order valence-electron chi connectivity index (χ1n) is 6.84. The van der Waals surface area contributed by atoms with E-state index in [0.717, 1.165) is 0 Å². The minimum Gasteiger partial charge on any atom is -0.496 e. The summed E-state index contributed by atoms with van der Waals surface area (Å²) in [6, 6.07) is 4.72. The Hall–Kier alpha value is -2.78. The fraction of sp³-hybridized carbons (Fsp3) is 0.357. The summed E-state index contributed by atoms with van der Waals surface area (Å²) in [4.78, 5) is 15.8. The van der Waals surface area contributed by atoms with E-state index in [4.69, 9.17) is 9.26 Å². The molecule has 0 radical (unpaired) electrons. The summed E-state index contributed by atoms with van der Waals surface area (Å²) >= 11 is 0. The number of methoxy groups -OCH3 is 1. The van der Waals surface area contributed by atoms with Crippen molar-refractivity contribution in [2.45, 2.75) is 19.1 Å². The van der Waals surface area contributed by atoms with Gasteiger partial charge in [0.2, 0.25) is 5.89 Å². The minimum absolute atomic E-state index is 0.0964. The number of alkyl halides is 3. The zero-order chi connectivity index (χ0) is 17.7. The monoisotopic (exact) mass is 344 g/mol. The maximum atomic E-state index is 12.2. The molecule has 0 aliphatic carbocycles. The molecule has 1 aromatic carbocycles. The number of nitrogens with one attached hydrogen (secondary N) is 2. The molecule has 0 bridgehead atoms. The highest BCUT2D eigenvalue weighted by atomic mass is 19.4. The Balaban J connectivity index is 2.26. The van der Waals surface area contributed by atoms with Crippen molar-refractivity contribution in [1.29, 1.82) is 0 Å². The van der Waals surface area contributed by atoms with Crippen molar-refractivity contribution in [3.63, 3.8) is 0 Å². The van der Waals surface area contributed by atoms with E-state index < -0.39 is 24.8 Å². The first kappa shape index (κ1) is 17.6. The van der Waals surface area contributed by atoms with Crippen LogP contribution in [0.5, 0.6) is 5.75 Å². The lowest BCUT2D eigenvalue weighted by Crippen LogP contribution is -2.42. The predicted octanol–water partition coefficient (Wildman–Crippen LogP) is 2.34. The lowest BCUT2D eigenvalue weighted by molar-refractivity contribution is -0.122. The molecule has 0 unspecified atom stereocenters. The van der Waals surface area contributed by atoms with Crippen LogP contribution in [0, 0.1) is 6.92 Å². The average molecular weight is 344 g/mol. The van der Waals surface area contributed by atoms with Gasteiger partial charge >= 0.3 is 12.2 Å². The summed E-state index contributed by atoms with van der Waals surface area (Å²) in [6.45, 7) is 0.0995. The third kappa shape index (κ3) is 4.61. The molecule has 0 spiro atoms. The number of rotatable bonds is 5. The fourth-order valence-corrected chi connectivity index (χ4v) is 1.98. The SMILES string of the molecule is COc1ccccc1[C@H](NC(=O)NCC(F)(F)F)c1noc(C)n1. The number of halogens is 3. The zero-order valence-corrected chi connectivity index (χ0v) is 12.8. The molecular formula is C14H15F3N4O3. The third-order valence-corrected chi connectivity index (χ3v) is 2.98. The summed E-state index contributed by atoms with van der Waals surface area (Å²) in [5.41, 5.74) is 0.475. The maximum Gasteiger partial charge on any atom is 0.405 e. The second-order valence-corrected chi connectivity index (χ2v) is 4.79. The van der Waals surface area contributed by atoms with Crippen LogP contribution in [0.3, 0.4) is 0 Å². The number of benzene rings is 1. The number of hydrogen-bond donors (Lipinski definition) is 2. The van der Waals surface area contributed by atoms with Crippen LogP contribution in [0.15, 0.2) is 28.8 Å². The van der Waals surface area contributed by atoms with Crippen molar-refractivity contribution in [2.75, 3.05) is 13.7 Å². The van der Waals surface area contributed by atoms with Crippen molar-refractivity contribution >= 4 is 6.03 Å². The third-order valence-electron chi connectivity index (χ3n) is 2.98. The molecule has 24 heavy (non-hydrogen) atoms. The minimum atomic E-state index is -4.51. The molecule has 1 atom stereocenters. The van der Waals surface area contributed by atoms with E-state index in [1.54, 1.807) is 36.5 Å². The number of carbonyl (C=O) groups excluding carboxylic acids is 1. The van der Waals surface area contributed by atoms with Gasteiger partial charge in [0.25, 0.3) is 0 Å². The van der Waals surface area contributed by atoms with E-state index in [-0.39, 0.29) is 11.7 Å². The number of hydrogen-bond acceptors (Lipinski definition) is 5. The second-order valence-electron chi connectivity index (χ2n) is 4.79. The van der Waals surface area contributed by atoms with Crippen LogP contribution in [-0.4, -0.2) is 36.0 Å². The molecule has 130 valence electrons. The number of nitrogens with zero attached hydrogens (tertiary/aromatic N) is 2. The molecule has 0 saturated carbocycles. The summed E-state index contributed by atoms with van der Waals surface area (Å²) < 4.78 is 46.8. The van der Waals surface area contributed by atoms with Crippen LogP contribution in [-0.2, 0) is 0 Å². The van der Waals surface area contributed by atoms with Gasteiger partial charge in [-0.25, -0.2) is 4.79 Å². The molecule has 1 heterocycles. The number of ether oxygens (including phenoxy) is 1. The van der Waals surface area contributed by atoms with Gasteiger partial charge in [0.05, 0.1) is 7.11 Å². The Morgan fingerprint density at radius 3 is 2.67 bits per heavy atom. The molecule has 1 aromatic heterocycles. The van der Waals surface area contributed by atoms with Crippen molar-refractivity contribution in [2.24, 2.45) is 0 Å². The molecule has 7 nitrogen and oxygen atoms in total. The fourth-order valence-electron chi connectivity index (χ4n) is 1.98. The van der Waals surface area contributed by atoms with Crippen molar-refractivity contribution in [3.05, 3.63) is 41.5 Å². The lowest BCUT2D eigenvalue weighted by atomic mass is 10.1. The van der Waals surface area contributed by atoms with Crippen LogP contribution in [0.2, 0.25) is 0 Å². The van der Waals surface area contributed by atoms with Crippen molar-refractivity contribution in [1.82, 2.24) is 20.8 Å². The second kappa shape index (κ2) is 7.20. The molecule has 0 fully saturated rings. The van der Waals surface area contributed by atoms with Crippen LogP contribution in [0.1, 0.15) is 23.3 Å². The maximum absolute atomic E-state index is 12.2. The normalized spacial score (nSPS) is 12.5. The highest BCUT2D eigenvalue weighted by Gasteiger charge is 2.29. The van der Waals surface area contributed by atoms with Gasteiger partial charge in [-0.05, 0) is 6.07 Å². The number of aryl methyl sites for hydroxylation is 1. The smallest absolute Gasteiger partial charge is 0.405 e. The van der Waals surface area contributed by atoms with E-state index in [9.17, 15) is 18.0 Å². The van der Waals surface area contributed by atoms with E-state index in [1.807, 2.05) is 0 Å². The summed E-state index contributed by atoms with van der Waals surface area (Å²) in [5, 5.41) is 7.85. The Morgan fingerprint density at radius 2 is 2.08 bits per heavy atom. The predicted molar refractivity (Wildman–Crippen MR) is 76.5 cm³/mol. The van der Waals surface area contributed by atoms with Gasteiger partial charge in [-0.1, -0.05) is 23.4 Å². The van der Waals surface area contributed by atoms with Crippen LogP contribution in [0.25, 0.3) is 0 Å². The largest absolute Gasteiger partial charge is 0.496 e. The summed E-state index contributed by atoms with van der Waals surface area (Å²) in [5.74, 6) is 0.766. The summed E-state index contributed by atoms with van der Waals surface area (Å²) in [6.07, 6.45) is -4.51. The molecule has 0 saturated heterocycles. The molecule has 2 aromatic rings. The molecule has 2 rings (SSSR count). The Morgan fingerprint density at radius 1 is 1.38 bits per heavy atom. The highest BCUT2D eigenvalue weighted by Crippen LogP contribution is 2.28. The van der Waals surface area contributed by atoms with Crippen molar-refractivity contribution < 1.29 is 27.2 Å². The van der Waals surface area contributed by atoms with Crippen LogP contribution >= 0.6 is 0 Å². The van der Waals surface area contributed by atoms with Gasteiger partial charge in [-0.15, -0.1) is 0 Å². The van der Waals surface area contributed by atoms with E-state index in [2.05, 4.69) is 15.5 Å². The molecule has 2 N–H and O–H groups in total. The van der Waals surface area contributed by atoms with Crippen molar-refractivity contribution in [3.8, 4) is 5.75 Å². The van der Waals surface area contributed by atoms with Gasteiger partial charge in [0.1, 0.15) is 18.3 Å². The topological polar surface area (TPSA) is 89.3 Å². The number of aromatic nitrogens is 2. The molecule has 2 amide bonds. The molecule has 0 aliphatic rings. The van der Waals surface area contributed by atoms with Gasteiger partial charge < -0.3 is 19.9 Å². The molecule has 0 aliphatic heterocycles. The summed E-state index contributed by atoms with van der Waals surface area (Å²) in [7, 11) is 1.43. The van der Waals surface area contributed by atoms with E-state index in [1.165, 1.54) is 7.11 Å². The van der Waals surface area contributed by atoms with Gasteiger partial charge in [0, 0.05) is 12.5 Å². The first-order valence-corrected chi connectivity index (χ1v) is 6.84. The zero-order valence-electron chi connectivity index (χ0n) is 12.8. The quantitative estimate of drug-likeness (QED) is 0.869. The van der Waals surface area contributed by atoms with Crippen LogP contribution in [0.4, 0.5) is 18.0 Å². The first-order chi connectivity index (χ1) is 11.3. The highest BCUT2D eigenvalue weighted by molar-refractivity contribution is 5.75. The van der Waals surface area contributed by atoms with Gasteiger partial charge in [-0.2, -0.15) is 18.2 Å². The Kier molecular flexibility index (Phi) is 5.27. The Labute approximate surface area is 135 Å². The van der Waals surface area contributed by atoms with Gasteiger partial charge in [0.15, 0.2) is 5.82 Å². The van der Waals surface area contributed by atoms with Gasteiger partial charge in [-0.3, -0.25) is 0 Å². The number of para-hydroxylation sites is 1. The Bertz CT molecular complexity index is 703. The van der Waals surface area contributed by atoms with E-state index >= 15 is 0 Å². The van der Waals surface area contributed by atoms with Crippen LogP contribution < -0.4 is 15.4 Å². The molecule has 10 heteroatoms. The standard InChI is InChI=1S/C14H15F3N4O3/c1-8-19-12(21-24-8)11(9-5-3-4-6-10(9)23-2)20-13(22)18-7-14(15,16)17/h3-6,11H,7H2,1-2H3,(H2,18,20,22)/t11-/m0/s1. The number of carbonyl (C=O) groups is 1. The van der Waals surface area contributed by atoms with E-state index in [0.29, 0.717) is 11.3 Å². The number of amides is 2. The average Bonchev–Trinajstić information content (AvgIpc) is 2.96. The number of urea groups is 1. The molecular weight excluding hydrogens is 329 g/mol. The lowest BCUT2D eigenvalue weighted by Gasteiger charge is -2.19.